The summed E-state index contributed by atoms with van der Waals surface area (Å²) >= 11 is 0. The van der Waals surface area contributed by atoms with Gasteiger partial charge in [-0.2, -0.15) is 10.2 Å². The van der Waals surface area contributed by atoms with Crippen LogP contribution >= 0.6 is 0 Å². The Morgan fingerprint density at radius 1 is 1.07 bits per heavy atom. The first-order chi connectivity index (χ1) is 14.0. The maximum atomic E-state index is 6.15. The van der Waals surface area contributed by atoms with Gasteiger partial charge in [-0.3, -0.25) is 5.10 Å². The average Bonchev–Trinajstić information content (AvgIpc) is 3.10. The van der Waals surface area contributed by atoms with Crippen molar-refractivity contribution in [2.45, 2.75) is 38.7 Å². The highest BCUT2D eigenvalue weighted by Crippen LogP contribution is 2.35. The number of nitrogens with one attached hydrogen (secondary N) is 2. The van der Waals surface area contributed by atoms with Crippen LogP contribution in [0.15, 0.2) is 71.0 Å². The Balaban J connectivity index is 1.53. The number of aromatic amines is 1. The minimum absolute atomic E-state index is 0.236. The van der Waals surface area contributed by atoms with E-state index in [0.29, 0.717) is 12.4 Å². The standard InChI is InChI=1S/C22H25N5O2/c1-15-19(16-10-6-4-7-11-16)21(25-23-15)26-27-24-18-14-28-22(2,3)29-20(18)17-12-8-5-9-13-17/h4-13,18,20H,14H2,1-3H3,(H2,23,24,25,26)/t18-,20-/m1/s1. The number of anilines is 1. The van der Waals surface area contributed by atoms with Crippen LogP contribution in [0.5, 0.6) is 0 Å². The summed E-state index contributed by atoms with van der Waals surface area (Å²) in [6.45, 7) is 6.22. The smallest absolute Gasteiger partial charge is 0.177 e. The Morgan fingerprint density at radius 3 is 2.48 bits per heavy atom. The van der Waals surface area contributed by atoms with Gasteiger partial charge >= 0.3 is 0 Å². The molecule has 0 bridgehead atoms. The molecule has 1 saturated heterocycles. The Hall–Kier alpha value is -3.03. The minimum atomic E-state index is -0.667. The monoisotopic (exact) mass is 391 g/mol. The van der Waals surface area contributed by atoms with E-state index in [1.165, 1.54) is 0 Å². The van der Waals surface area contributed by atoms with Gasteiger partial charge in [0.1, 0.15) is 12.1 Å². The highest BCUT2D eigenvalue weighted by molar-refractivity contribution is 5.77. The van der Waals surface area contributed by atoms with Gasteiger partial charge in [-0.15, -0.1) is 0 Å². The second kappa shape index (κ2) is 8.14. The zero-order valence-electron chi connectivity index (χ0n) is 16.8. The van der Waals surface area contributed by atoms with E-state index in [1.54, 1.807) is 0 Å². The zero-order valence-corrected chi connectivity index (χ0v) is 16.8. The number of rotatable bonds is 5. The fraction of sp³-hybridized carbons (Fsp3) is 0.318. The van der Waals surface area contributed by atoms with E-state index in [-0.39, 0.29) is 12.1 Å². The molecular weight excluding hydrogens is 366 g/mol. The Morgan fingerprint density at radius 2 is 1.76 bits per heavy atom. The predicted octanol–water partition coefficient (Wildman–Crippen LogP) is 5.06. The normalized spacial score (nSPS) is 21.3. The molecule has 3 aromatic rings. The quantitative estimate of drug-likeness (QED) is 0.470. The molecule has 1 fully saturated rings. The number of nitrogens with zero attached hydrogens (tertiary/aromatic N) is 3. The van der Waals surface area contributed by atoms with Crippen molar-refractivity contribution in [3.8, 4) is 11.1 Å². The molecule has 7 nitrogen and oxygen atoms in total. The van der Waals surface area contributed by atoms with E-state index < -0.39 is 5.79 Å². The van der Waals surface area contributed by atoms with Crippen LogP contribution in [0.1, 0.15) is 31.2 Å². The Kier molecular flexibility index (Phi) is 5.42. The molecule has 0 radical (unpaired) electrons. The summed E-state index contributed by atoms with van der Waals surface area (Å²) in [5.41, 5.74) is 7.02. The molecule has 2 heterocycles. The van der Waals surface area contributed by atoms with Gasteiger partial charge in [-0.05, 0) is 31.9 Å². The molecule has 29 heavy (non-hydrogen) atoms. The maximum Gasteiger partial charge on any atom is 0.177 e. The van der Waals surface area contributed by atoms with Crippen LogP contribution in [0.25, 0.3) is 11.1 Å². The lowest BCUT2D eigenvalue weighted by Crippen LogP contribution is -2.43. The van der Waals surface area contributed by atoms with Crippen molar-refractivity contribution in [3.63, 3.8) is 0 Å². The van der Waals surface area contributed by atoms with Crippen LogP contribution in [-0.2, 0) is 9.47 Å². The molecule has 2 atom stereocenters. The molecule has 0 spiro atoms. The topological polar surface area (TPSA) is 83.9 Å². The van der Waals surface area contributed by atoms with Gasteiger partial charge in [0.2, 0.25) is 0 Å². The zero-order chi connectivity index (χ0) is 20.3. The number of aryl methyl sites for hydroxylation is 1. The van der Waals surface area contributed by atoms with E-state index in [4.69, 9.17) is 9.47 Å². The van der Waals surface area contributed by atoms with Crippen LogP contribution < -0.4 is 5.43 Å². The van der Waals surface area contributed by atoms with Crippen LogP contribution in [-0.4, -0.2) is 28.6 Å². The summed E-state index contributed by atoms with van der Waals surface area (Å²) in [6.07, 6.45) is -0.236. The summed E-state index contributed by atoms with van der Waals surface area (Å²) in [5, 5.41) is 16.0. The van der Waals surface area contributed by atoms with Gasteiger partial charge in [0.25, 0.3) is 0 Å². The van der Waals surface area contributed by atoms with Crippen molar-refractivity contribution in [2.24, 2.45) is 10.3 Å². The van der Waals surface area contributed by atoms with Gasteiger partial charge in [-0.1, -0.05) is 65.9 Å². The number of benzene rings is 2. The third kappa shape index (κ3) is 4.36. The maximum absolute atomic E-state index is 6.15. The van der Waals surface area contributed by atoms with Crippen LogP contribution in [0, 0.1) is 6.92 Å². The molecule has 1 aliphatic heterocycles. The predicted molar refractivity (Wildman–Crippen MR) is 111 cm³/mol. The first kappa shape index (κ1) is 19.3. The number of ether oxygens (including phenoxy) is 2. The van der Waals surface area contributed by atoms with Gasteiger partial charge < -0.3 is 9.47 Å². The SMILES string of the molecule is Cc1[nH]nc(NN=N[C@@H]2COC(C)(C)O[C@@H]2c2ccccc2)c1-c1ccccc1. The van der Waals surface area contributed by atoms with E-state index in [9.17, 15) is 0 Å². The molecule has 0 saturated carbocycles. The van der Waals surface area contributed by atoms with E-state index >= 15 is 0 Å². The minimum Gasteiger partial charge on any atom is -0.348 e. The van der Waals surface area contributed by atoms with E-state index in [1.807, 2.05) is 81.4 Å². The van der Waals surface area contributed by atoms with Crippen molar-refractivity contribution < 1.29 is 9.47 Å². The second-order valence-electron chi connectivity index (χ2n) is 7.49. The van der Waals surface area contributed by atoms with Crippen LogP contribution in [0.4, 0.5) is 5.82 Å². The summed E-state index contributed by atoms with van der Waals surface area (Å²) in [7, 11) is 0. The molecule has 0 amide bonds. The number of hydrogen-bond donors (Lipinski definition) is 2. The molecule has 1 aromatic heterocycles. The van der Waals surface area contributed by atoms with Crippen molar-refractivity contribution in [1.82, 2.24) is 10.2 Å². The largest absolute Gasteiger partial charge is 0.348 e. The second-order valence-corrected chi connectivity index (χ2v) is 7.49. The summed E-state index contributed by atoms with van der Waals surface area (Å²) in [4.78, 5) is 0. The lowest BCUT2D eigenvalue weighted by Gasteiger charge is -2.39. The molecule has 7 heteroatoms. The van der Waals surface area contributed by atoms with Gasteiger partial charge in [0, 0.05) is 11.3 Å². The van der Waals surface area contributed by atoms with Crippen molar-refractivity contribution in [3.05, 3.63) is 71.9 Å². The fourth-order valence-electron chi connectivity index (χ4n) is 3.44. The third-order valence-corrected chi connectivity index (χ3v) is 4.86. The molecule has 4 rings (SSSR count). The van der Waals surface area contributed by atoms with Crippen LogP contribution in [0.2, 0.25) is 0 Å². The summed E-state index contributed by atoms with van der Waals surface area (Å²) in [6, 6.07) is 19.8. The van der Waals surface area contributed by atoms with Crippen molar-refractivity contribution in [1.29, 1.82) is 0 Å². The third-order valence-electron chi connectivity index (χ3n) is 4.86. The number of H-pyrrole nitrogens is 1. The Bertz CT molecular complexity index is 969. The van der Waals surface area contributed by atoms with Gasteiger partial charge in [-0.25, -0.2) is 5.43 Å². The van der Waals surface area contributed by atoms with E-state index in [0.717, 1.165) is 22.4 Å². The lowest BCUT2D eigenvalue weighted by molar-refractivity contribution is -0.282. The fourth-order valence-corrected chi connectivity index (χ4v) is 3.44. The lowest BCUT2D eigenvalue weighted by atomic mass is 10.0. The summed E-state index contributed by atoms with van der Waals surface area (Å²) < 4.78 is 12.0. The molecule has 0 aliphatic carbocycles. The molecule has 150 valence electrons. The number of aromatic nitrogens is 2. The highest BCUT2D eigenvalue weighted by Gasteiger charge is 2.37. The van der Waals surface area contributed by atoms with Gasteiger partial charge in [0.15, 0.2) is 11.6 Å². The van der Waals surface area contributed by atoms with Crippen molar-refractivity contribution in [2.75, 3.05) is 12.0 Å². The molecule has 1 aliphatic rings. The van der Waals surface area contributed by atoms with E-state index in [2.05, 4.69) is 26.0 Å². The Labute approximate surface area is 170 Å². The first-order valence-corrected chi connectivity index (χ1v) is 9.66. The molecular formula is C22H25N5O2. The van der Waals surface area contributed by atoms with Crippen molar-refractivity contribution >= 4 is 5.82 Å². The highest BCUT2D eigenvalue weighted by atomic mass is 16.7. The molecule has 0 unspecified atom stereocenters. The molecule has 2 N–H and O–H groups in total. The van der Waals surface area contributed by atoms with Gasteiger partial charge in [0.05, 0.1) is 6.61 Å². The first-order valence-electron chi connectivity index (χ1n) is 9.66. The average molecular weight is 391 g/mol. The summed E-state index contributed by atoms with van der Waals surface area (Å²) in [5.74, 6) is -0.0357. The molecule has 2 aromatic carbocycles. The number of hydrogen-bond acceptors (Lipinski definition) is 5. The van der Waals surface area contributed by atoms with Crippen LogP contribution in [0.3, 0.4) is 0 Å².